The number of sulfonamides is 1. The molecule has 2 aliphatic rings. The molecule has 1 saturated heterocycles. The lowest BCUT2D eigenvalue weighted by atomic mass is 10.1. The van der Waals surface area contributed by atoms with Crippen LogP contribution in [0.2, 0.25) is 10.0 Å². The summed E-state index contributed by atoms with van der Waals surface area (Å²) >= 11 is 12.2. The number of amides is 1. The number of rotatable bonds is 5. The quantitative estimate of drug-likeness (QED) is 0.670. The van der Waals surface area contributed by atoms with Crippen LogP contribution in [0, 0.1) is 0 Å². The summed E-state index contributed by atoms with van der Waals surface area (Å²) in [5.41, 5.74) is 0.988. The van der Waals surface area contributed by atoms with Gasteiger partial charge in [-0.3, -0.25) is 4.79 Å². The van der Waals surface area contributed by atoms with Crippen LogP contribution in [-0.4, -0.2) is 56.5 Å². The molecular weight excluding hydrogens is 451 g/mol. The number of carbonyl (C=O) groups excluding carboxylic acids is 1. The molecule has 2 aliphatic heterocycles. The number of piperazine rings is 1. The molecule has 10 heteroatoms. The lowest BCUT2D eigenvalue weighted by molar-refractivity contribution is -0.132. The minimum absolute atomic E-state index is 0.0134. The molecule has 0 aliphatic carbocycles. The number of carbonyl (C=O) groups is 1. The third kappa shape index (κ3) is 4.23. The van der Waals surface area contributed by atoms with Crippen molar-refractivity contribution in [3.8, 4) is 11.5 Å². The van der Waals surface area contributed by atoms with Crippen LogP contribution < -0.4 is 9.47 Å². The molecule has 2 aromatic carbocycles. The fourth-order valence-corrected chi connectivity index (χ4v) is 6.06. The van der Waals surface area contributed by atoms with Gasteiger partial charge in [-0.05, 0) is 36.2 Å². The van der Waals surface area contributed by atoms with Gasteiger partial charge in [0.2, 0.25) is 22.7 Å². The molecule has 0 aromatic heterocycles. The number of benzene rings is 2. The van der Waals surface area contributed by atoms with E-state index in [9.17, 15) is 13.2 Å². The van der Waals surface area contributed by atoms with Gasteiger partial charge in [0.15, 0.2) is 11.5 Å². The van der Waals surface area contributed by atoms with Gasteiger partial charge in [-0.25, -0.2) is 8.42 Å². The first kappa shape index (κ1) is 21.2. The summed E-state index contributed by atoms with van der Waals surface area (Å²) in [6.07, 6.45) is 0.909. The molecule has 2 aromatic rings. The summed E-state index contributed by atoms with van der Waals surface area (Å²) in [5, 5.41) is 0.175. The highest BCUT2D eigenvalue weighted by Crippen LogP contribution is 2.33. The number of halogens is 2. The Morgan fingerprint density at radius 1 is 0.967 bits per heavy atom. The fraction of sp³-hybridized carbons (Fsp3) is 0.350. The predicted octanol–water partition coefficient (Wildman–Crippen LogP) is 3.19. The summed E-state index contributed by atoms with van der Waals surface area (Å²) in [6, 6.07) is 10.2. The standard InChI is InChI=1S/C20H20Cl2N2O5S/c21-15-2-1-3-16(22)20(15)30(26,27)24-10-8-23(9-11-24)19(25)7-5-14-4-6-17-18(12-14)29-13-28-17/h1-4,6,12H,5,7-11,13H2. The number of hydrogen-bond donors (Lipinski definition) is 0. The van der Waals surface area contributed by atoms with Crippen molar-refractivity contribution < 1.29 is 22.7 Å². The molecule has 160 valence electrons. The highest BCUT2D eigenvalue weighted by molar-refractivity contribution is 7.89. The summed E-state index contributed by atoms with van der Waals surface area (Å²) in [4.78, 5) is 14.2. The molecular formula is C20H20Cl2N2O5S. The highest BCUT2D eigenvalue weighted by atomic mass is 35.5. The van der Waals surface area contributed by atoms with E-state index >= 15 is 0 Å². The Morgan fingerprint density at radius 2 is 1.63 bits per heavy atom. The molecule has 4 rings (SSSR count). The van der Waals surface area contributed by atoms with Crippen LogP contribution in [0.25, 0.3) is 0 Å². The van der Waals surface area contributed by atoms with Crippen LogP contribution in [0.4, 0.5) is 0 Å². The molecule has 1 fully saturated rings. The van der Waals surface area contributed by atoms with Crippen molar-refractivity contribution in [3.05, 3.63) is 52.0 Å². The molecule has 2 heterocycles. The molecule has 0 atom stereocenters. The van der Waals surface area contributed by atoms with Crippen LogP contribution in [-0.2, 0) is 21.2 Å². The van der Waals surface area contributed by atoms with Crippen molar-refractivity contribution >= 4 is 39.1 Å². The van der Waals surface area contributed by atoms with Gasteiger partial charge in [0.1, 0.15) is 4.90 Å². The molecule has 7 nitrogen and oxygen atoms in total. The van der Waals surface area contributed by atoms with Crippen molar-refractivity contribution in [3.63, 3.8) is 0 Å². The van der Waals surface area contributed by atoms with E-state index in [0.29, 0.717) is 37.4 Å². The van der Waals surface area contributed by atoms with Gasteiger partial charge >= 0.3 is 0 Å². The number of hydrogen-bond acceptors (Lipinski definition) is 5. The van der Waals surface area contributed by atoms with Crippen LogP contribution >= 0.6 is 23.2 Å². The Bertz CT molecular complexity index is 1050. The fourth-order valence-electron chi connectivity index (χ4n) is 3.54. The second-order valence-electron chi connectivity index (χ2n) is 7.02. The molecule has 0 saturated carbocycles. The largest absolute Gasteiger partial charge is 0.454 e. The van der Waals surface area contributed by atoms with E-state index < -0.39 is 10.0 Å². The van der Waals surface area contributed by atoms with E-state index in [1.807, 2.05) is 18.2 Å². The van der Waals surface area contributed by atoms with Gasteiger partial charge in [-0.15, -0.1) is 0 Å². The maximum Gasteiger partial charge on any atom is 0.246 e. The second kappa shape index (κ2) is 8.63. The first-order valence-electron chi connectivity index (χ1n) is 9.47. The molecule has 0 spiro atoms. The second-order valence-corrected chi connectivity index (χ2v) is 9.71. The minimum Gasteiger partial charge on any atom is -0.454 e. The van der Waals surface area contributed by atoms with Gasteiger partial charge in [0, 0.05) is 32.6 Å². The van der Waals surface area contributed by atoms with Crippen molar-refractivity contribution in [1.29, 1.82) is 0 Å². The number of ether oxygens (including phenoxy) is 2. The number of nitrogens with zero attached hydrogens (tertiary/aromatic N) is 2. The Hall–Kier alpha value is -2.00. The number of fused-ring (bicyclic) bond motifs is 1. The molecule has 0 unspecified atom stereocenters. The van der Waals surface area contributed by atoms with E-state index in [1.165, 1.54) is 16.4 Å². The Balaban J connectivity index is 1.34. The van der Waals surface area contributed by atoms with Crippen LogP contribution in [0.1, 0.15) is 12.0 Å². The van der Waals surface area contributed by atoms with Gasteiger partial charge in [0.05, 0.1) is 10.0 Å². The molecule has 1 amide bonds. The number of aryl methyl sites for hydroxylation is 1. The van der Waals surface area contributed by atoms with Gasteiger partial charge < -0.3 is 14.4 Å². The van der Waals surface area contributed by atoms with Crippen molar-refractivity contribution in [2.75, 3.05) is 33.0 Å². The van der Waals surface area contributed by atoms with Crippen molar-refractivity contribution in [2.24, 2.45) is 0 Å². The maximum absolute atomic E-state index is 12.9. The monoisotopic (exact) mass is 470 g/mol. The predicted molar refractivity (Wildman–Crippen MR) is 113 cm³/mol. The third-order valence-electron chi connectivity index (χ3n) is 5.17. The van der Waals surface area contributed by atoms with Crippen LogP contribution in [0.5, 0.6) is 11.5 Å². The summed E-state index contributed by atoms with van der Waals surface area (Å²) in [7, 11) is -3.83. The third-order valence-corrected chi connectivity index (χ3v) is 8.03. The summed E-state index contributed by atoms with van der Waals surface area (Å²) < 4.78 is 37.9. The maximum atomic E-state index is 12.9. The van der Waals surface area contributed by atoms with Crippen molar-refractivity contribution in [2.45, 2.75) is 17.7 Å². The zero-order valence-electron chi connectivity index (χ0n) is 16.0. The van der Waals surface area contributed by atoms with E-state index in [4.69, 9.17) is 32.7 Å². The topological polar surface area (TPSA) is 76.2 Å². The molecule has 0 bridgehead atoms. The first-order valence-corrected chi connectivity index (χ1v) is 11.7. The zero-order valence-corrected chi connectivity index (χ0v) is 18.3. The Labute approximate surface area is 185 Å². The summed E-state index contributed by atoms with van der Waals surface area (Å²) in [5.74, 6) is 1.39. The summed E-state index contributed by atoms with van der Waals surface area (Å²) in [6.45, 7) is 1.24. The lowest BCUT2D eigenvalue weighted by Crippen LogP contribution is -2.50. The van der Waals surface area contributed by atoms with Crippen molar-refractivity contribution in [1.82, 2.24) is 9.21 Å². The molecule has 30 heavy (non-hydrogen) atoms. The van der Waals surface area contributed by atoms with Gasteiger partial charge in [0.25, 0.3) is 0 Å². The highest BCUT2D eigenvalue weighted by Gasteiger charge is 2.32. The first-order chi connectivity index (χ1) is 14.4. The molecule has 0 radical (unpaired) electrons. The average molecular weight is 471 g/mol. The van der Waals surface area contributed by atoms with E-state index in [0.717, 1.165) is 5.56 Å². The zero-order chi connectivity index (χ0) is 21.3. The van der Waals surface area contributed by atoms with Gasteiger partial charge in [-0.2, -0.15) is 4.31 Å². The normalized spacial score (nSPS) is 16.7. The lowest BCUT2D eigenvalue weighted by Gasteiger charge is -2.34. The Kier molecular flexibility index (Phi) is 6.11. The van der Waals surface area contributed by atoms with E-state index in [-0.39, 0.29) is 40.7 Å². The van der Waals surface area contributed by atoms with E-state index in [2.05, 4.69) is 0 Å². The smallest absolute Gasteiger partial charge is 0.246 e. The Morgan fingerprint density at radius 3 is 2.33 bits per heavy atom. The van der Waals surface area contributed by atoms with Gasteiger partial charge in [-0.1, -0.05) is 35.3 Å². The average Bonchev–Trinajstić information content (AvgIpc) is 3.19. The minimum atomic E-state index is -3.83. The van der Waals surface area contributed by atoms with Crippen LogP contribution in [0.15, 0.2) is 41.3 Å². The SMILES string of the molecule is O=C(CCc1ccc2c(c1)OCO2)N1CCN(S(=O)(=O)c2c(Cl)cccc2Cl)CC1. The van der Waals surface area contributed by atoms with Crippen LogP contribution in [0.3, 0.4) is 0 Å². The molecule has 0 N–H and O–H groups in total. The van der Waals surface area contributed by atoms with E-state index in [1.54, 1.807) is 11.0 Å².